The SMILES string of the molecule is O=C(C=Cc1ccccc1)NC1CC2(CCC2)Oc2ccc(F)cc21. The quantitative estimate of drug-likeness (QED) is 0.843. The van der Waals surface area contributed by atoms with E-state index < -0.39 is 0 Å². The Morgan fingerprint density at radius 3 is 2.72 bits per heavy atom. The van der Waals surface area contributed by atoms with Crippen LogP contribution in [0, 0.1) is 5.82 Å². The molecule has 1 N–H and O–H groups in total. The Hall–Kier alpha value is -2.62. The van der Waals surface area contributed by atoms with Gasteiger partial charge >= 0.3 is 0 Å². The van der Waals surface area contributed by atoms with Gasteiger partial charge in [-0.15, -0.1) is 0 Å². The Morgan fingerprint density at radius 2 is 2.00 bits per heavy atom. The Labute approximate surface area is 146 Å². The first-order valence-corrected chi connectivity index (χ1v) is 8.66. The molecule has 0 radical (unpaired) electrons. The average molecular weight is 337 g/mol. The normalized spacial score (nSPS) is 20.6. The average Bonchev–Trinajstić information content (AvgIpc) is 2.60. The molecule has 4 rings (SSSR count). The Bertz CT molecular complexity index is 812. The molecule has 128 valence electrons. The van der Waals surface area contributed by atoms with E-state index in [1.54, 1.807) is 12.1 Å². The first-order chi connectivity index (χ1) is 12.1. The standard InChI is InChI=1S/C21H20FNO2/c22-16-8-9-19-17(13-16)18(14-21(25-19)11-4-12-21)23-20(24)10-7-15-5-2-1-3-6-15/h1-3,5-10,13,18H,4,11-12,14H2,(H,23,24). The van der Waals surface area contributed by atoms with Crippen molar-refractivity contribution in [3.05, 3.63) is 71.6 Å². The van der Waals surface area contributed by atoms with Crippen molar-refractivity contribution in [1.82, 2.24) is 5.32 Å². The fourth-order valence-electron chi connectivity index (χ4n) is 3.60. The summed E-state index contributed by atoms with van der Waals surface area (Å²) in [6, 6.07) is 14.0. The summed E-state index contributed by atoms with van der Waals surface area (Å²) in [4.78, 5) is 12.4. The molecule has 1 saturated carbocycles. The van der Waals surface area contributed by atoms with Gasteiger partial charge in [-0.2, -0.15) is 0 Å². The van der Waals surface area contributed by atoms with Crippen LogP contribution < -0.4 is 10.1 Å². The number of halogens is 1. The smallest absolute Gasteiger partial charge is 0.244 e. The number of carbonyl (C=O) groups is 1. The molecule has 2 aromatic rings. The minimum absolute atomic E-state index is 0.180. The zero-order valence-corrected chi connectivity index (χ0v) is 13.9. The second-order valence-corrected chi connectivity index (χ2v) is 6.83. The highest BCUT2D eigenvalue weighted by Crippen LogP contribution is 2.48. The van der Waals surface area contributed by atoms with Gasteiger partial charge in [0.2, 0.25) is 5.91 Å². The molecule has 1 aliphatic heterocycles. The monoisotopic (exact) mass is 337 g/mol. The number of hydrogen-bond acceptors (Lipinski definition) is 2. The van der Waals surface area contributed by atoms with Crippen LogP contribution in [0.3, 0.4) is 0 Å². The lowest BCUT2D eigenvalue weighted by molar-refractivity contribution is -0.118. The third-order valence-electron chi connectivity index (χ3n) is 5.06. The van der Waals surface area contributed by atoms with Crippen molar-refractivity contribution in [3.63, 3.8) is 0 Å². The molecule has 1 fully saturated rings. The van der Waals surface area contributed by atoms with Crippen molar-refractivity contribution < 1.29 is 13.9 Å². The maximum Gasteiger partial charge on any atom is 0.244 e. The zero-order valence-electron chi connectivity index (χ0n) is 13.9. The van der Waals surface area contributed by atoms with E-state index in [-0.39, 0.29) is 23.4 Å². The largest absolute Gasteiger partial charge is 0.487 e. The van der Waals surface area contributed by atoms with E-state index in [9.17, 15) is 9.18 Å². The molecule has 25 heavy (non-hydrogen) atoms. The van der Waals surface area contributed by atoms with Gasteiger partial charge in [0.25, 0.3) is 0 Å². The molecule has 2 aliphatic rings. The molecule has 2 aromatic carbocycles. The van der Waals surface area contributed by atoms with Crippen LogP contribution in [-0.4, -0.2) is 11.5 Å². The zero-order chi connectivity index (χ0) is 17.3. The first kappa shape index (κ1) is 15.9. The van der Waals surface area contributed by atoms with Gasteiger partial charge in [-0.1, -0.05) is 30.3 Å². The van der Waals surface area contributed by atoms with Crippen molar-refractivity contribution in [2.24, 2.45) is 0 Å². The number of hydrogen-bond donors (Lipinski definition) is 1. The topological polar surface area (TPSA) is 38.3 Å². The lowest BCUT2D eigenvalue weighted by atomic mass is 9.73. The molecule has 1 spiro atoms. The molecular weight excluding hydrogens is 317 g/mol. The van der Waals surface area contributed by atoms with Gasteiger partial charge < -0.3 is 10.1 Å². The third kappa shape index (κ3) is 3.29. The van der Waals surface area contributed by atoms with Crippen LogP contribution in [0.2, 0.25) is 0 Å². The third-order valence-corrected chi connectivity index (χ3v) is 5.06. The highest BCUT2D eigenvalue weighted by Gasteiger charge is 2.45. The molecule has 1 amide bonds. The predicted octanol–water partition coefficient (Wildman–Crippen LogP) is 4.40. The maximum absolute atomic E-state index is 13.7. The number of rotatable bonds is 3. The number of benzene rings is 2. The predicted molar refractivity (Wildman–Crippen MR) is 94.6 cm³/mol. The molecule has 4 heteroatoms. The van der Waals surface area contributed by atoms with Crippen molar-refractivity contribution in [2.45, 2.75) is 37.3 Å². The van der Waals surface area contributed by atoms with E-state index in [1.165, 1.54) is 18.2 Å². The van der Waals surface area contributed by atoms with Crippen LogP contribution in [0.5, 0.6) is 5.75 Å². The number of carbonyl (C=O) groups excluding carboxylic acids is 1. The molecule has 0 saturated heterocycles. The Morgan fingerprint density at radius 1 is 1.20 bits per heavy atom. The van der Waals surface area contributed by atoms with E-state index in [0.29, 0.717) is 12.2 Å². The molecule has 1 unspecified atom stereocenters. The van der Waals surface area contributed by atoms with E-state index in [0.717, 1.165) is 30.4 Å². The van der Waals surface area contributed by atoms with Gasteiger partial charge in [-0.05, 0) is 49.1 Å². The van der Waals surface area contributed by atoms with Crippen molar-refractivity contribution in [1.29, 1.82) is 0 Å². The van der Waals surface area contributed by atoms with Gasteiger partial charge in [-0.3, -0.25) is 4.79 Å². The number of nitrogens with one attached hydrogen (secondary N) is 1. The molecule has 1 heterocycles. The van der Waals surface area contributed by atoms with Crippen LogP contribution in [0.4, 0.5) is 4.39 Å². The van der Waals surface area contributed by atoms with Gasteiger partial charge in [0.1, 0.15) is 17.2 Å². The number of fused-ring (bicyclic) bond motifs is 1. The fourth-order valence-corrected chi connectivity index (χ4v) is 3.60. The molecular formula is C21H20FNO2. The molecule has 0 bridgehead atoms. The van der Waals surface area contributed by atoms with E-state index in [4.69, 9.17) is 4.74 Å². The first-order valence-electron chi connectivity index (χ1n) is 8.66. The summed E-state index contributed by atoms with van der Waals surface area (Å²) in [5.41, 5.74) is 1.48. The van der Waals surface area contributed by atoms with Gasteiger partial charge in [-0.25, -0.2) is 4.39 Å². The fraction of sp³-hybridized carbons (Fsp3) is 0.286. The highest BCUT2D eigenvalue weighted by molar-refractivity contribution is 5.92. The summed E-state index contributed by atoms with van der Waals surface area (Å²) >= 11 is 0. The second-order valence-electron chi connectivity index (χ2n) is 6.83. The van der Waals surface area contributed by atoms with Gasteiger partial charge in [0.15, 0.2) is 0 Å². The van der Waals surface area contributed by atoms with Crippen molar-refractivity contribution >= 4 is 12.0 Å². The van der Waals surface area contributed by atoms with E-state index >= 15 is 0 Å². The van der Waals surface area contributed by atoms with E-state index in [2.05, 4.69) is 5.32 Å². The molecule has 3 nitrogen and oxygen atoms in total. The van der Waals surface area contributed by atoms with Crippen LogP contribution in [0.15, 0.2) is 54.6 Å². The van der Waals surface area contributed by atoms with Crippen molar-refractivity contribution in [3.8, 4) is 5.75 Å². The van der Waals surface area contributed by atoms with Gasteiger partial charge in [0.05, 0.1) is 6.04 Å². The Balaban J connectivity index is 1.53. The number of amides is 1. The van der Waals surface area contributed by atoms with Crippen molar-refractivity contribution in [2.75, 3.05) is 0 Å². The minimum atomic E-state index is -0.314. The lowest BCUT2D eigenvalue weighted by Crippen LogP contribution is -2.49. The van der Waals surface area contributed by atoms with Crippen LogP contribution >= 0.6 is 0 Å². The summed E-state index contributed by atoms with van der Waals surface area (Å²) in [5, 5.41) is 3.02. The summed E-state index contributed by atoms with van der Waals surface area (Å²) < 4.78 is 19.8. The van der Waals surface area contributed by atoms with Crippen LogP contribution in [0.25, 0.3) is 6.08 Å². The Kier molecular flexibility index (Phi) is 4.04. The van der Waals surface area contributed by atoms with Crippen LogP contribution in [-0.2, 0) is 4.79 Å². The van der Waals surface area contributed by atoms with E-state index in [1.807, 2.05) is 30.3 Å². The van der Waals surface area contributed by atoms with Crippen LogP contribution in [0.1, 0.15) is 42.9 Å². The summed E-state index contributed by atoms with van der Waals surface area (Å²) in [7, 11) is 0. The van der Waals surface area contributed by atoms with Gasteiger partial charge in [0, 0.05) is 18.1 Å². The minimum Gasteiger partial charge on any atom is -0.487 e. The number of ether oxygens (including phenoxy) is 1. The second kappa shape index (κ2) is 6.36. The molecule has 0 aromatic heterocycles. The lowest BCUT2D eigenvalue weighted by Gasteiger charge is -2.48. The summed E-state index contributed by atoms with van der Waals surface area (Å²) in [6.07, 6.45) is 7.09. The summed E-state index contributed by atoms with van der Waals surface area (Å²) in [5.74, 6) is 0.191. The molecule has 1 atom stereocenters. The summed E-state index contributed by atoms with van der Waals surface area (Å²) in [6.45, 7) is 0. The molecule has 1 aliphatic carbocycles. The maximum atomic E-state index is 13.7. The highest BCUT2D eigenvalue weighted by atomic mass is 19.1.